The minimum atomic E-state index is -0.887. The van der Waals surface area contributed by atoms with Gasteiger partial charge in [0.05, 0.1) is 12.1 Å². The Morgan fingerprint density at radius 2 is 1.35 bits per heavy atom. The summed E-state index contributed by atoms with van der Waals surface area (Å²) in [6, 6.07) is 38.7. The van der Waals surface area contributed by atoms with Gasteiger partial charge in [-0.05, 0) is 63.4 Å². The van der Waals surface area contributed by atoms with E-state index in [4.69, 9.17) is 22.3 Å². The van der Waals surface area contributed by atoms with E-state index in [-0.39, 0.29) is 30.4 Å². The van der Waals surface area contributed by atoms with Gasteiger partial charge in [0.2, 0.25) is 11.8 Å². The second-order valence-corrected chi connectivity index (χ2v) is 13.1. The number of nitrogens with two attached hydrogens (primary N) is 3. The summed E-state index contributed by atoms with van der Waals surface area (Å²) in [5, 5.41) is 14.7. The van der Waals surface area contributed by atoms with Crippen LogP contribution < -0.4 is 27.8 Å². The number of likely N-dealkylation sites (N-methyl/N-ethyl adjacent to an activating group) is 1. The highest BCUT2D eigenvalue weighted by Gasteiger charge is 2.31. The lowest BCUT2D eigenvalue weighted by molar-refractivity contribution is -0.135. The molecule has 52 heavy (non-hydrogen) atoms. The molecule has 2 aliphatic heterocycles. The molecule has 0 spiro atoms. The summed E-state index contributed by atoms with van der Waals surface area (Å²) < 4.78 is 0. The average Bonchev–Trinajstić information content (AvgIpc) is 3.47. The summed E-state index contributed by atoms with van der Waals surface area (Å²) >= 11 is 0. The molecule has 0 aromatic heterocycles. The Hall–Kier alpha value is -5.81. The van der Waals surface area contributed by atoms with Crippen LogP contribution in [0.3, 0.4) is 0 Å². The molecular formula is C42H44N6O4. The van der Waals surface area contributed by atoms with Crippen molar-refractivity contribution in [3.8, 4) is 11.1 Å². The summed E-state index contributed by atoms with van der Waals surface area (Å²) in [6.07, 6.45) is 1.83. The van der Waals surface area contributed by atoms with E-state index in [1.54, 1.807) is 11.9 Å². The number of carboxylic acids is 1. The number of carbonyl (C=O) groups excluding carboxylic acids is 2. The SMILES string of the molecule is CN1Cc2ccccc2C(N)C1=O.NC1C(=O)NC(CCc2ccccc2)c2ccccc21.NC1c2ccccc2-c2cccc(NCC(=O)O)c21. The summed E-state index contributed by atoms with van der Waals surface area (Å²) in [7, 11) is 1.78. The van der Waals surface area contributed by atoms with E-state index in [1.807, 2.05) is 103 Å². The maximum absolute atomic E-state index is 11.9. The van der Waals surface area contributed by atoms with Gasteiger partial charge in [-0.1, -0.05) is 115 Å². The van der Waals surface area contributed by atoms with Crippen molar-refractivity contribution in [2.45, 2.75) is 43.6 Å². The van der Waals surface area contributed by atoms with Crippen LogP contribution in [0.25, 0.3) is 11.1 Å². The van der Waals surface area contributed by atoms with Crippen LogP contribution >= 0.6 is 0 Å². The maximum Gasteiger partial charge on any atom is 0.322 e. The van der Waals surface area contributed by atoms with Crippen LogP contribution in [-0.4, -0.2) is 41.4 Å². The second kappa shape index (κ2) is 16.0. The highest BCUT2D eigenvalue weighted by molar-refractivity contribution is 5.86. The van der Waals surface area contributed by atoms with Crippen LogP contribution in [0.15, 0.2) is 121 Å². The quantitative estimate of drug-likeness (QED) is 0.137. The first-order valence-electron chi connectivity index (χ1n) is 17.3. The monoisotopic (exact) mass is 696 g/mol. The van der Waals surface area contributed by atoms with Crippen molar-refractivity contribution in [2.75, 3.05) is 18.9 Å². The molecule has 5 aromatic rings. The Bertz CT molecular complexity index is 2070. The third-order valence-electron chi connectivity index (χ3n) is 9.74. The molecule has 0 radical (unpaired) electrons. The van der Waals surface area contributed by atoms with Crippen LogP contribution in [0.4, 0.5) is 5.69 Å². The molecule has 0 saturated heterocycles. The van der Waals surface area contributed by atoms with Crippen molar-refractivity contribution in [1.82, 2.24) is 10.2 Å². The molecule has 2 amide bonds. The molecule has 266 valence electrons. The first-order valence-corrected chi connectivity index (χ1v) is 17.3. The molecule has 0 fully saturated rings. The Kier molecular flexibility index (Phi) is 11.1. The molecule has 1 aliphatic carbocycles. The lowest BCUT2D eigenvalue weighted by atomic mass is 9.88. The number of hydrogen-bond acceptors (Lipinski definition) is 7. The van der Waals surface area contributed by atoms with Gasteiger partial charge in [-0.15, -0.1) is 0 Å². The van der Waals surface area contributed by atoms with E-state index in [1.165, 1.54) is 5.56 Å². The zero-order valence-electron chi connectivity index (χ0n) is 29.0. The number of nitrogens with zero attached hydrogens (tertiary/aromatic N) is 1. The number of benzene rings is 5. The number of carboxylic acid groups (broad SMARTS) is 1. The second-order valence-electron chi connectivity index (χ2n) is 13.1. The normalized spacial score (nSPS) is 19.3. The first-order chi connectivity index (χ1) is 25.1. The molecular weight excluding hydrogens is 653 g/mol. The van der Waals surface area contributed by atoms with E-state index in [0.29, 0.717) is 6.54 Å². The average molecular weight is 697 g/mol. The highest BCUT2D eigenvalue weighted by Crippen LogP contribution is 2.45. The Morgan fingerprint density at radius 3 is 2.08 bits per heavy atom. The zero-order chi connectivity index (χ0) is 36.8. The van der Waals surface area contributed by atoms with E-state index < -0.39 is 18.1 Å². The minimum absolute atomic E-state index is 0.00120. The van der Waals surface area contributed by atoms with Gasteiger partial charge in [-0.3, -0.25) is 14.4 Å². The topological polar surface area (TPSA) is 177 Å². The summed E-state index contributed by atoms with van der Waals surface area (Å²) in [4.78, 5) is 35.8. The molecule has 9 N–H and O–H groups in total. The fourth-order valence-electron chi connectivity index (χ4n) is 7.09. The number of aliphatic carboxylic acids is 1. The molecule has 4 atom stereocenters. The molecule has 10 nitrogen and oxygen atoms in total. The number of aryl methyl sites for hydroxylation is 1. The maximum atomic E-state index is 11.9. The third-order valence-corrected chi connectivity index (χ3v) is 9.74. The molecule has 3 aliphatic rings. The lowest BCUT2D eigenvalue weighted by Gasteiger charge is -2.30. The van der Waals surface area contributed by atoms with Crippen molar-refractivity contribution in [2.24, 2.45) is 17.2 Å². The van der Waals surface area contributed by atoms with Gasteiger partial charge < -0.3 is 37.8 Å². The van der Waals surface area contributed by atoms with Gasteiger partial charge in [0.15, 0.2) is 0 Å². The van der Waals surface area contributed by atoms with Crippen LogP contribution in [-0.2, 0) is 27.3 Å². The van der Waals surface area contributed by atoms with Gasteiger partial charge in [-0.25, -0.2) is 0 Å². The van der Waals surface area contributed by atoms with Crippen molar-refractivity contribution in [3.63, 3.8) is 0 Å². The first kappa shape index (κ1) is 36.0. The number of carbonyl (C=O) groups is 3. The van der Waals surface area contributed by atoms with Gasteiger partial charge in [0.25, 0.3) is 0 Å². The summed E-state index contributed by atoms with van der Waals surface area (Å²) in [6.45, 7) is 0.558. The molecule has 2 heterocycles. The predicted molar refractivity (Wildman–Crippen MR) is 203 cm³/mol. The molecule has 0 saturated carbocycles. The number of amides is 2. The van der Waals surface area contributed by atoms with Crippen molar-refractivity contribution < 1.29 is 19.5 Å². The van der Waals surface area contributed by atoms with Gasteiger partial charge >= 0.3 is 5.97 Å². The predicted octanol–water partition coefficient (Wildman–Crippen LogP) is 5.36. The standard InChI is InChI=1S/C17H18N2O.C15H14N2O2.C10H12N2O/c18-16-14-9-5-4-8-13(14)15(19-17(16)20)11-10-12-6-2-1-3-7-12;16-15-11-5-2-1-4-9(11)10-6-3-7-12(14(10)15)17-8-13(18)19;1-12-6-7-4-2-3-5-8(7)9(11)10(12)13/h1-9,15-16H,10-11,18H2,(H,19,20);1-7,15,17H,8,16H2,(H,18,19);2-5,9H,6,11H2,1H3. The highest BCUT2D eigenvalue weighted by atomic mass is 16.4. The number of anilines is 1. The van der Waals surface area contributed by atoms with Crippen LogP contribution in [0.1, 0.15) is 69.5 Å². The molecule has 0 bridgehead atoms. The van der Waals surface area contributed by atoms with Gasteiger partial charge in [-0.2, -0.15) is 0 Å². The Labute approximate surface area is 303 Å². The van der Waals surface area contributed by atoms with E-state index in [0.717, 1.165) is 63.0 Å². The fourth-order valence-corrected chi connectivity index (χ4v) is 7.09. The molecule has 10 heteroatoms. The van der Waals surface area contributed by atoms with Gasteiger partial charge in [0, 0.05) is 24.8 Å². The third kappa shape index (κ3) is 7.74. The number of rotatable bonds is 6. The van der Waals surface area contributed by atoms with Crippen molar-refractivity contribution in [3.05, 3.63) is 160 Å². The summed E-state index contributed by atoms with van der Waals surface area (Å²) in [5.74, 6) is -0.970. The van der Waals surface area contributed by atoms with E-state index >= 15 is 0 Å². The van der Waals surface area contributed by atoms with Crippen LogP contribution in [0, 0.1) is 0 Å². The van der Waals surface area contributed by atoms with Crippen LogP contribution in [0.5, 0.6) is 0 Å². The van der Waals surface area contributed by atoms with E-state index in [9.17, 15) is 14.4 Å². The Morgan fingerprint density at radius 1 is 0.731 bits per heavy atom. The summed E-state index contributed by atoms with van der Waals surface area (Å²) in [5.41, 5.74) is 28.6. The number of nitrogens with one attached hydrogen (secondary N) is 2. The molecule has 5 aromatic carbocycles. The van der Waals surface area contributed by atoms with Crippen LogP contribution in [0.2, 0.25) is 0 Å². The van der Waals surface area contributed by atoms with Crippen molar-refractivity contribution >= 4 is 23.5 Å². The molecule has 8 rings (SSSR count). The zero-order valence-corrected chi connectivity index (χ0v) is 29.0. The smallest absolute Gasteiger partial charge is 0.322 e. The fraction of sp³-hybridized carbons (Fsp3) is 0.214. The number of hydrogen-bond donors (Lipinski definition) is 6. The largest absolute Gasteiger partial charge is 0.480 e. The Balaban J connectivity index is 0.000000137. The van der Waals surface area contributed by atoms with E-state index in [2.05, 4.69) is 28.8 Å². The minimum Gasteiger partial charge on any atom is -0.480 e. The van der Waals surface area contributed by atoms with Gasteiger partial charge in [0.1, 0.15) is 18.6 Å². The lowest BCUT2D eigenvalue weighted by Crippen LogP contribution is -2.42. The molecule has 4 unspecified atom stereocenters. The number of fused-ring (bicyclic) bond motifs is 5. The van der Waals surface area contributed by atoms with Crippen molar-refractivity contribution in [1.29, 1.82) is 0 Å².